The summed E-state index contributed by atoms with van der Waals surface area (Å²) in [5.74, 6) is -3.00. The van der Waals surface area contributed by atoms with E-state index in [4.69, 9.17) is 32.7 Å². The lowest BCUT2D eigenvalue weighted by Crippen LogP contribution is -2.57. The first-order valence-electron chi connectivity index (χ1n) is 13.1. The Kier molecular flexibility index (Phi) is 6.16. The van der Waals surface area contributed by atoms with Gasteiger partial charge in [-0.05, 0) is 40.3 Å². The molecule has 1 aliphatic heterocycles. The molecule has 3 atom stereocenters. The minimum absolute atomic E-state index is 0.358. The molecule has 2 bridgehead atoms. The number of hydrogen-bond acceptors (Lipinski definition) is 5. The van der Waals surface area contributed by atoms with E-state index in [0.29, 0.717) is 39.4 Å². The van der Waals surface area contributed by atoms with Crippen molar-refractivity contribution in [2.75, 3.05) is 19.5 Å². The van der Waals surface area contributed by atoms with Crippen LogP contribution in [-0.2, 0) is 24.1 Å². The molecule has 0 saturated carbocycles. The molecule has 3 amide bonds. The van der Waals surface area contributed by atoms with Gasteiger partial charge in [0.2, 0.25) is 17.7 Å². The molecule has 0 aromatic heterocycles. The Hall–Kier alpha value is -3.55. The first kappa shape index (κ1) is 26.7. The van der Waals surface area contributed by atoms with E-state index in [1.54, 1.807) is 32.0 Å². The van der Waals surface area contributed by atoms with Gasteiger partial charge in [0.1, 0.15) is 27.3 Å². The normalized spacial score (nSPS) is 26.7. The zero-order chi connectivity index (χ0) is 28.6. The van der Waals surface area contributed by atoms with Crippen LogP contribution < -0.4 is 14.8 Å². The number of benzene rings is 3. The third-order valence-corrected chi connectivity index (χ3v) is 9.75. The largest absolute Gasteiger partial charge is 0.497 e. The van der Waals surface area contributed by atoms with Gasteiger partial charge in [-0.1, -0.05) is 62.4 Å². The lowest BCUT2D eigenvalue weighted by Gasteiger charge is -2.54. The van der Waals surface area contributed by atoms with E-state index in [9.17, 15) is 14.4 Å². The highest BCUT2D eigenvalue weighted by Gasteiger charge is 2.73. The van der Waals surface area contributed by atoms with Crippen molar-refractivity contribution in [3.63, 3.8) is 0 Å². The van der Waals surface area contributed by atoms with Crippen LogP contribution >= 0.6 is 23.2 Å². The maximum Gasteiger partial charge on any atom is 0.248 e. The van der Waals surface area contributed by atoms with Gasteiger partial charge in [-0.15, -0.1) is 23.2 Å². The zero-order valence-electron chi connectivity index (χ0n) is 22.4. The second-order valence-electron chi connectivity index (χ2n) is 10.8. The molecule has 3 aliphatic carbocycles. The fourth-order valence-corrected chi connectivity index (χ4v) is 7.90. The standard InChI is InChI=1S/C31H28Cl2N2O5/c1-16(2)26(27(36)34-22-15-17(39-3)13-14-23(22)40-4)35-28(37)24-25(29(35)38)31(33)19-10-6-5-9-18(19)30(24,32)20-11-7-8-12-21(20)31/h5-16,24-26H,1-4H3,(H,34,36)/t24-,25+,26-,30?,31?/m0/s1. The van der Waals surface area contributed by atoms with Crippen LogP contribution in [0.4, 0.5) is 5.69 Å². The van der Waals surface area contributed by atoms with Crippen molar-refractivity contribution >= 4 is 46.6 Å². The monoisotopic (exact) mass is 578 g/mol. The van der Waals surface area contributed by atoms with E-state index in [1.807, 2.05) is 48.5 Å². The molecular weight excluding hydrogens is 551 g/mol. The molecule has 40 heavy (non-hydrogen) atoms. The number of imide groups is 1. The Balaban J connectivity index is 1.46. The number of methoxy groups -OCH3 is 2. The van der Waals surface area contributed by atoms with Crippen molar-refractivity contribution in [2.24, 2.45) is 17.8 Å². The molecule has 206 valence electrons. The predicted molar refractivity (Wildman–Crippen MR) is 152 cm³/mol. The SMILES string of the molecule is COc1ccc(OC)c(NC(=O)[C@H](C(C)C)N2C(=O)[C@@H]3[C@H](C2=O)C2(Cl)c4ccccc4C3(Cl)c3ccccc32)c1. The number of amides is 3. The van der Waals surface area contributed by atoms with Gasteiger partial charge in [-0.2, -0.15) is 0 Å². The predicted octanol–water partition coefficient (Wildman–Crippen LogP) is 5.26. The summed E-state index contributed by atoms with van der Waals surface area (Å²) in [6, 6.07) is 18.8. The summed E-state index contributed by atoms with van der Waals surface area (Å²) in [6.07, 6.45) is 0. The van der Waals surface area contributed by atoms with Crippen molar-refractivity contribution in [3.8, 4) is 11.5 Å². The molecule has 1 saturated heterocycles. The number of nitrogens with zero attached hydrogens (tertiary/aromatic N) is 1. The van der Waals surface area contributed by atoms with E-state index in [2.05, 4.69) is 5.32 Å². The average Bonchev–Trinajstić information content (AvgIpc) is 3.22. The summed E-state index contributed by atoms with van der Waals surface area (Å²) < 4.78 is 10.7. The minimum Gasteiger partial charge on any atom is -0.497 e. The van der Waals surface area contributed by atoms with E-state index < -0.39 is 51.3 Å². The number of carbonyl (C=O) groups is 3. The van der Waals surface area contributed by atoms with Crippen LogP contribution in [0.2, 0.25) is 0 Å². The van der Waals surface area contributed by atoms with Crippen LogP contribution in [0, 0.1) is 17.8 Å². The van der Waals surface area contributed by atoms with Crippen molar-refractivity contribution in [1.82, 2.24) is 4.90 Å². The lowest BCUT2D eigenvalue weighted by molar-refractivity contribution is -0.148. The molecule has 0 unspecified atom stereocenters. The maximum atomic E-state index is 14.4. The third-order valence-electron chi connectivity index (χ3n) is 8.46. The molecule has 1 heterocycles. The fourth-order valence-electron chi connectivity index (χ4n) is 6.80. The Morgan fingerprint density at radius 3 is 1.70 bits per heavy atom. The van der Waals surface area contributed by atoms with Gasteiger partial charge in [-0.25, -0.2) is 0 Å². The highest BCUT2D eigenvalue weighted by atomic mass is 35.5. The Bertz CT molecular complexity index is 1450. The quantitative estimate of drug-likeness (QED) is 0.318. The van der Waals surface area contributed by atoms with Crippen molar-refractivity contribution in [1.29, 1.82) is 0 Å². The Labute approximate surface area is 242 Å². The molecule has 1 fully saturated rings. The van der Waals surface area contributed by atoms with Gasteiger partial charge >= 0.3 is 0 Å². The number of alkyl halides is 2. The van der Waals surface area contributed by atoms with Gasteiger partial charge < -0.3 is 14.8 Å². The van der Waals surface area contributed by atoms with Crippen LogP contribution in [0.1, 0.15) is 36.1 Å². The number of carbonyl (C=O) groups excluding carboxylic acids is 3. The molecule has 7 nitrogen and oxygen atoms in total. The summed E-state index contributed by atoms with van der Waals surface area (Å²) in [5, 5.41) is 2.85. The molecule has 9 heteroatoms. The summed E-state index contributed by atoms with van der Waals surface area (Å²) in [5.41, 5.74) is 3.20. The van der Waals surface area contributed by atoms with Crippen molar-refractivity contribution in [3.05, 3.63) is 89.0 Å². The smallest absolute Gasteiger partial charge is 0.248 e. The molecule has 0 radical (unpaired) electrons. The number of hydrogen-bond donors (Lipinski definition) is 1. The molecule has 3 aromatic carbocycles. The number of rotatable bonds is 6. The highest BCUT2D eigenvalue weighted by Crippen LogP contribution is 2.69. The van der Waals surface area contributed by atoms with Crippen molar-refractivity contribution in [2.45, 2.75) is 29.6 Å². The molecule has 3 aromatic rings. The first-order chi connectivity index (χ1) is 19.1. The topological polar surface area (TPSA) is 84.9 Å². The van der Waals surface area contributed by atoms with Crippen LogP contribution in [0.25, 0.3) is 0 Å². The second-order valence-corrected chi connectivity index (χ2v) is 12.0. The third kappa shape index (κ3) is 3.34. The fraction of sp³-hybridized carbons (Fsp3) is 0.323. The molecule has 7 rings (SSSR count). The van der Waals surface area contributed by atoms with E-state index >= 15 is 0 Å². The maximum absolute atomic E-state index is 14.4. The summed E-state index contributed by atoms with van der Waals surface area (Å²) in [6.45, 7) is 3.58. The molecular formula is C31H28Cl2N2O5. The Morgan fingerprint density at radius 2 is 1.30 bits per heavy atom. The highest BCUT2D eigenvalue weighted by molar-refractivity contribution is 6.36. The number of anilines is 1. The summed E-state index contributed by atoms with van der Waals surface area (Å²) in [7, 11) is 3.00. The van der Waals surface area contributed by atoms with Crippen molar-refractivity contribution < 1.29 is 23.9 Å². The molecule has 1 N–H and O–H groups in total. The van der Waals surface area contributed by atoms with Crippen LogP contribution in [0.15, 0.2) is 66.7 Å². The van der Waals surface area contributed by atoms with E-state index in [0.717, 1.165) is 4.90 Å². The van der Waals surface area contributed by atoms with Gasteiger partial charge in [0.25, 0.3) is 0 Å². The van der Waals surface area contributed by atoms with Gasteiger partial charge in [-0.3, -0.25) is 19.3 Å². The Morgan fingerprint density at radius 1 is 0.825 bits per heavy atom. The van der Waals surface area contributed by atoms with Gasteiger partial charge in [0.05, 0.1) is 31.7 Å². The minimum atomic E-state index is -1.32. The summed E-state index contributed by atoms with van der Waals surface area (Å²) >= 11 is 15.0. The molecule has 4 aliphatic rings. The van der Waals surface area contributed by atoms with E-state index in [1.165, 1.54) is 14.2 Å². The second kappa shape index (κ2) is 9.25. The van der Waals surface area contributed by atoms with Crippen LogP contribution in [0.5, 0.6) is 11.5 Å². The molecule has 0 spiro atoms. The van der Waals surface area contributed by atoms with Crippen LogP contribution in [-0.4, -0.2) is 42.9 Å². The first-order valence-corrected chi connectivity index (χ1v) is 13.8. The van der Waals surface area contributed by atoms with Gasteiger partial charge in [0, 0.05) is 6.07 Å². The average molecular weight is 579 g/mol. The number of nitrogens with one attached hydrogen (secondary N) is 1. The zero-order valence-corrected chi connectivity index (χ0v) is 23.9. The number of likely N-dealkylation sites (tertiary alicyclic amines) is 1. The van der Waals surface area contributed by atoms with Crippen LogP contribution in [0.3, 0.4) is 0 Å². The number of ether oxygens (including phenoxy) is 2. The van der Waals surface area contributed by atoms with E-state index in [-0.39, 0.29) is 0 Å². The van der Waals surface area contributed by atoms with Gasteiger partial charge in [0.15, 0.2) is 0 Å². The summed E-state index contributed by atoms with van der Waals surface area (Å²) in [4.78, 5) is 41.1. The lowest BCUT2D eigenvalue weighted by atomic mass is 9.54. The number of halogens is 2.